The fraction of sp³-hybridized carbons (Fsp3) is 0.222. The van der Waals surface area contributed by atoms with Crippen molar-refractivity contribution >= 4 is 22.9 Å². The molecule has 2 heterocycles. The molecule has 0 unspecified atom stereocenters. The lowest BCUT2D eigenvalue weighted by atomic mass is 10.1. The van der Waals surface area contributed by atoms with Crippen LogP contribution in [0.2, 0.25) is 0 Å². The molecule has 3 rings (SSSR count). The van der Waals surface area contributed by atoms with E-state index in [1.54, 1.807) is 24.6 Å². The van der Waals surface area contributed by atoms with E-state index in [0.29, 0.717) is 6.42 Å². The summed E-state index contributed by atoms with van der Waals surface area (Å²) < 4.78 is 7.01. The summed E-state index contributed by atoms with van der Waals surface area (Å²) in [7, 11) is 1.62. The summed E-state index contributed by atoms with van der Waals surface area (Å²) in [6.07, 6.45) is 2.98. The number of methoxy groups -OCH3 is 1. The molecule has 124 valence electrons. The molecule has 0 saturated carbocycles. The number of thiophene rings is 1. The van der Waals surface area contributed by atoms with Crippen LogP contribution < -0.4 is 10.1 Å². The maximum absolute atomic E-state index is 12.3. The molecule has 0 saturated heterocycles. The number of anilines is 1. The standard InChI is InChI=1S/C18H19N3O2S/c1-3-14-8-10-19-21(14)18-16(9-11-24-18)20-17(22)12-13-4-6-15(23-2)7-5-13/h4-11H,3,12H2,1-2H3,(H,20,22). The number of carbonyl (C=O) groups excluding carboxylic acids is 1. The maximum Gasteiger partial charge on any atom is 0.228 e. The molecular weight excluding hydrogens is 322 g/mol. The van der Waals surface area contributed by atoms with Gasteiger partial charge in [0.15, 0.2) is 0 Å². The molecule has 0 aliphatic carbocycles. The Hall–Kier alpha value is -2.60. The number of aromatic nitrogens is 2. The van der Waals surface area contributed by atoms with Gasteiger partial charge in [-0.1, -0.05) is 19.1 Å². The monoisotopic (exact) mass is 341 g/mol. The van der Waals surface area contributed by atoms with Crippen LogP contribution in [0, 0.1) is 0 Å². The van der Waals surface area contributed by atoms with E-state index < -0.39 is 0 Å². The molecule has 0 fully saturated rings. The summed E-state index contributed by atoms with van der Waals surface area (Å²) in [6, 6.07) is 11.4. The first-order chi connectivity index (χ1) is 11.7. The van der Waals surface area contributed by atoms with Gasteiger partial charge in [-0.25, -0.2) is 4.68 Å². The molecule has 0 atom stereocenters. The summed E-state index contributed by atoms with van der Waals surface area (Å²) in [6.45, 7) is 2.09. The minimum Gasteiger partial charge on any atom is -0.497 e. The molecule has 5 nitrogen and oxygen atoms in total. The molecule has 1 aromatic carbocycles. The van der Waals surface area contributed by atoms with Gasteiger partial charge in [-0.3, -0.25) is 4.79 Å². The van der Waals surface area contributed by atoms with E-state index in [9.17, 15) is 4.79 Å². The first-order valence-electron chi connectivity index (χ1n) is 7.74. The van der Waals surface area contributed by atoms with Crippen LogP contribution in [0.25, 0.3) is 5.00 Å². The molecule has 1 N–H and O–H groups in total. The van der Waals surface area contributed by atoms with E-state index in [-0.39, 0.29) is 5.91 Å². The Labute approximate surface area is 144 Å². The largest absolute Gasteiger partial charge is 0.497 e. The maximum atomic E-state index is 12.3. The van der Waals surface area contributed by atoms with Crippen molar-refractivity contribution in [3.8, 4) is 10.8 Å². The second-order valence-electron chi connectivity index (χ2n) is 5.30. The normalized spacial score (nSPS) is 10.6. The Balaban J connectivity index is 1.72. The average Bonchev–Trinajstić information content (AvgIpc) is 3.23. The molecule has 0 spiro atoms. The SMILES string of the molecule is CCc1ccnn1-c1sccc1NC(=O)Cc1ccc(OC)cc1. The van der Waals surface area contributed by atoms with Crippen LogP contribution in [-0.2, 0) is 17.6 Å². The van der Waals surface area contributed by atoms with Gasteiger partial charge in [0.1, 0.15) is 10.8 Å². The topological polar surface area (TPSA) is 56.2 Å². The number of aryl methyl sites for hydroxylation is 1. The van der Waals surface area contributed by atoms with Crippen molar-refractivity contribution in [2.45, 2.75) is 19.8 Å². The Morgan fingerprint density at radius 2 is 2.04 bits per heavy atom. The van der Waals surface area contributed by atoms with Crippen LogP contribution in [0.15, 0.2) is 48.0 Å². The van der Waals surface area contributed by atoms with Crippen LogP contribution >= 0.6 is 11.3 Å². The highest BCUT2D eigenvalue weighted by molar-refractivity contribution is 7.13. The van der Waals surface area contributed by atoms with Crippen molar-refractivity contribution in [3.05, 3.63) is 59.2 Å². The minimum absolute atomic E-state index is 0.0509. The number of amides is 1. The van der Waals surface area contributed by atoms with Crippen molar-refractivity contribution in [2.75, 3.05) is 12.4 Å². The van der Waals surface area contributed by atoms with Gasteiger partial charge in [0, 0.05) is 11.9 Å². The molecule has 3 aromatic rings. The zero-order valence-corrected chi connectivity index (χ0v) is 14.5. The smallest absolute Gasteiger partial charge is 0.228 e. The molecule has 0 aliphatic rings. The fourth-order valence-electron chi connectivity index (χ4n) is 2.46. The lowest BCUT2D eigenvalue weighted by Crippen LogP contribution is -2.15. The van der Waals surface area contributed by atoms with E-state index in [2.05, 4.69) is 17.3 Å². The summed E-state index contributed by atoms with van der Waals surface area (Å²) in [5.74, 6) is 0.732. The van der Waals surface area contributed by atoms with Crippen LogP contribution in [0.5, 0.6) is 5.75 Å². The van der Waals surface area contributed by atoms with Crippen LogP contribution in [0.3, 0.4) is 0 Å². The number of benzene rings is 1. The van der Waals surface area contributed by atoms with E-state index in [4.69, 9.17) is 4.74 Å². The number of rotatable bonds is 6. The number of carbonyl (C=O) groups is 1. The second kappa shape index (κ2) is 7.31. The fourth-order valence-corrected chi connectivity index (χ4v) is 3.31. The van der Waals surface area contributed by atoms with Crippen LogP contribution in [0.4, 0.5) is 5.69 Å². The van der Waals surface area contributed by atoms with Crippen molar-refractivity contribution in [2.24, 2.45) is 0 Å². The first-order valence-corrected chi connectivity index (χ1v) is 8.62. The van der Waals surface area contributed by atoms with Gasteiger partial charge in [0.25, 0.3) is 0 Å². The molecule has 0 bridgehead atoms. The summed E-state index contributed by atoms with van der Waals surface area (Å²) >= 11 is 1.56. The molecular formula is C18H19N3O2S. The van der Waals surface area contributed by atoms with Crippen molar-refractivity contribution < 1.29 is 9.53 Å². The second-order valence-corrected chi connectivity index (χ2v) is 6.19. The molecule has 1 amide bonds. The van der Waals surface area contributed by atoms with Crippen LogP contribution in [-0.4, -0.2) is 22.8 Å². The van der Waals surface area contributed by atoms with Gasteiger partial charge in [-0.15, -0.1) is 11.3 Å². The minimum atomic E-state index is -0.0509. The summed E-state index contributed by atoms with van der Waals surface area (Å²) in [5, 5.41) is 10.2. The van der Waals surface area contributed by atoms with E-state index in [1.165, 1.54) is 0 Å². The van der Waals surface area contributed by atoms with E-state index >= 15 is 0 Å². The number of ether oxygens (including phenoxy) is 1. The van der Waals surface area contributed by atoms with Crippen molar-refractivity contribution in [3.63, 3.8) is 0 Å². The predicted molar refractivity (Wildman–Crippen MR) is 96.1 cm³/mol. The Morgan fingerprint density at radius 3 is 2.75 bits per heavy atom. The lowest BCUT2D eigenvalue weighted by Gasteiger charge is -2.09. The summed E-state index contributed by atoms with van der Waals surface area (Å²) in [5.41, 5.74) is 2.85. The third-order valence-electron chi connectivity index (χ3n) is 3.72. The molecule has 6 heteroatoms. The first kappa shape index (κ1) is 16.3. The number of hydrogen-bond donors (Lipinski definition) is 1. The number of hydrogen-bond acceptors (Lipinski definition) is 4. The number of nitrogens with zero attached hydrogens (tertiary/aromatic N) is 2. The van der Waals surface area contributed by atoms with Gasteiger partial charge in [0.2, 0.25) is 5.91 Å². The van der Waals surface area contributed by atoms with Gasteiger partial charge in [0.05, 0.1) is 19.2 Å². The zero-order chi connectivity index (χ0) is 16.9. The Bertz CT molecular complexity index is 821. The zero-order valence-electron chi connectivity index (χ0n) is 13.7. The Morgan fingerprint density at radius 1 is 1.25 bits per heavy atom. The molecule has 0 aliphatic heterocycles. The van der Waals surface area contributed by atoms with Gasteiger partial charge in [-0.05, 0) is 41.6 Å². The lowest BCUT2D eigenvalue weighted by molar-refractivity contribution is -0.115. The van der Waals surface area contributed by atoms with Crippen molar-refractivity contribution in [1.29, 1.82) is 0 Å². The average molecular weight is 341 g/mol. The van der Waals surface area contributed by atoms with Gasteiger partial charge in [-0.2, -0.15) is 5.10 Å². The molecule has 2 aromatic heterocycles. The third kappa shape index (κ3) is 3.49. The highest BCUT2D eigenvalue weighted by Gasteiger charge is 2.13. The molecule has 0 radical (unpaired) electrons. The third-order valence-corrected chi connectivity index (χ3v) is 4.61. The highest BCUT2D eigenvalue weighted by Crippen LogP contribution is 2.27. The quantitative estimate of drug-likeness (QED) is 0.744. The molecule has 24 heavy (non-hydrogen) atoms. The van der Waals surface area contributed by atoms with E-state index in [1.807, 2.05) is 46.5 Å². The van der Waals surface area contributed by atoms with Crippen LogP contribution in [0.1, 0.15) is 18.2 Å². The van der Waals surface area contributed by atoms with E-state index in [0.717, 1.165) is 34.1 Å². The Kier molecular flexibility index (Phi) is 4.96. The predicted octanol–water partition coefficient (Wildman–Crippen LogP) is 3.69. The van der Waals surface area contributed by atoms with Gasteiger partial charge >= 0.3 is 0 Å². The van der Waals surface area contributed by atoms with Crippen molar-refractivity contribution in [1.82, 2.24) is 9.78 Å². The van der Waals surface area contributed by atoms with Gasteiger partial charge < -0.3 is 10.1 Å². The highest BCUT2D eigenvalue weighted by atomic mass is 32.1. The summed E-state index contributed by atoms with van der Waals surface area (Å²) in [4.78, 5) is 12.3. The number of nitrogens with one attached hydrogen (secondary N) is 1.